The van der Waals surface area contributed by atoms with Crippen LogP contribution in [0.1, 0.15) is 0 Å². The molecule has 1 fully saturated rings. The molecule has 0 atom stereocenters. The molecule has 7 heteroatoms. The third-order valence-corrected chi connectivity index (χ3v) is 2.01. The minimum Gasteiger partial charge on any atom is -0.479 e. The second-order valence-electron chi connectivity index (χ2n) is 2.43. The lowest BCUT2D eigenvalue weighted by Crippen LogP contribution is -2.68. The fraction of sp³-hybridized carbons (Fsp3) is 0.600. The number of hydrazine groups is 2. The van der Waals surface area contributed by atoms with E-state index in [1.165, 1.54) is 10.0 Å². The van der Waals surface area contributed by atoms with Gasteiger partial charge >= 0.3 is 5.97 Å². The predicted molar refractivity (Wildman–Crippen MR) is 45.8 cm³/mol. The van der Waals surface area contributed by atoms with E-state index in [4.69, 9.17) is 17.3 Å². The minimum atomic E-state index is -0.976. The van der Waals surface area contributed by atoms with E-state index in [2.05, 4.69) is 10.9 Å². The molecule has 1 rings (SSSR count). The lowest BCUT2D eigenvalue weighted by atomic mass is 10.5. The van der Waals surface area contributed by atoms with Crippen LogP contribution in [-0.2, 0) is 4.79 Å². The van der Waals surface area contributed by atoms with Crippen LogP contribution >= 0.6 is 12.2 Å². The summed E-state index contributed by atoms with van der Waals surface area (Å²) in [7, 11) is 3.32. The molecule has 0 saturated carbocycles. The van der Waals surface area contributed by atoms with E-state index < -0.39 is 12.1 Å². The van der Waals surface area contributed by atoms with Gasteiger partial charge < -0.3 is 5.11 Å². The standard InChI is InChI=1S/C5H10N4O2S/c1-8-5(12)9(2)7-3(6-8)4(10)11/h3,6-7H,1-2H3,(H,10,11). The zero-order valence-corrected chi connectivity index (χ0v) is 7.55. The molecule has 0 aromatic rings. The first-order chi connectivity index (χ1) is 5.52. The molecule has 1 heterocycles. The quantitative estimate of drug-likeness (QED) is 0.438. The number of aliphatic carboxylic acids is 1. The Hall–Kier alpha value is -0.920. The summed E-state index contributed by atoms with van der Waals surface area (Å²) < 4.78 is 0. The van der Waals surface area contributed by atoms with Crippen LogP contribution < -0.4 is 10.9 Å². The molecule has 0 aromatic carbocycles. The number of carboxylic acid groups (broad SMARTS) is 1. The molecule has 0 spiro atoms. The van der Waals surface area contributed by atoms with Crippen LogP contribution in [0.3, 0.4) is 0 Å². The Morgan fingerprint density at radius 2 is 1.92 bits per heavy atom. The lowest BCUT2D eigenvalue weighted by molar-refractivity contribution is -0.143. The summed E-state index contributed by atoms with van der Waals surface area (Å²) in [6, 6.07) is 0. The zero-order chi connectivity index (χ0) is 9.30. The molecule has 1 aliphatic rings. The summed E-state index contributed by atoms with van der Waals surface area (Å²) in [4.78, 5) is 10.5. The van der Waals surface area contributed by atoms with Crippen molar-refractivity contribution in [2.45, 2.75) is 6.17 Å². The number of carbonyl (C=O) groups is 1. The number of carboxylic acids is 1. The van der Waals surface area contributed by atoms with Crippen molar-refractivity contribution in [1.29, 1.82) is 0 Å². The van der Waals surface area contributed by atoms with E-state index in [0.717, 1.165) is 0 Å². The number of hydrogen-bond acceptors (Lipinski definition) is 4. The largest absolute Gasteiger partial charge is 0.479 e. The van der Waals surface area contributed by atoms with Crippen molar-refractivity contribution in [1.82, 2.24) is 20.9 Å². The first kappa shape index (κ1) is 9.17. The fourth-order valence-electron chi connectivity index (χ4n) is 0.862. The molecule has 68 valence electrons. The predicted octanol–water partition coefficient (Wildman–Crippen LogP) is -1.43. The highest BCUT2D eigenvalue weighted by molar-refractivity contribution is 7.80. The van der Waals surface area contributed by atoms with Crippen LogP contribution in [0.25, 0.3) is 0 Å². The Bertz CT molecular complexity index is 207. The van der Waals surface area contributed by atoms with Crippen LogP contribution in [0.15, 0.2) is 0 Å². The number of rotatable bonds is 1. The van der Waals surface area contributed by atoms with Crippen LogP contribution in [0, 0.1) is 0 Å². The molecule has 0 aromatic heterocycles. The van der Waals surface area contributed by atoms with E-state index in [1.54, 1.807) is 14.1 Å². The van der Waals surface area contributed by atoms with Gasteiger partial charge in [0.1, 0.15) is 0 Å². The Kier molecular flexibility index (Phi) is 2.46. The van der Waals surface area contributed by atoms with Gasteiger partial charge in [0, 0.05) is 14.1 Å². The van der Waals surface area contributed by atoms with Crippen molar-refractivity contribution >= 4 is 23.3 Å². The van der Waals surface area contributed by atoms with Crippen molar-refractivity contribution in [3.05, 3.63) is 0 Å². The molecule has 0 radical (unpaired) electrons. The van der Waals surface area contributed by atoms with Crippen LogP contribution in [0.4, 0.5) is 0 Å². The van der Waals surface area contributed by atoms with Gasteiger partial charge in [0.25, 0.3) is 0 Å². The summed E-state index contributed by atoms with van der Waals surface area (Å²) >= 11 is 4.92. The Balaban J connectivity index is 2.65. The molecule has 0 amide bonds. The van der Waals surface area contributed by atoms with Crippen LogP contribution in [-0.4, -0.2) is 46.5 Å². The number of nitrogens with one attached hydrogen (secondary N) is 2. The molecular formula is C5H10N4O2S. The number of hydrogen-bond donors (Lipinski definition) is 3. The van der Waals surface area contributed by atoms with Crippen LogP contribution in [0.2, 0.25) is 0 Å². The van der Waals surface area contributed by atoms with E-state index in [1.807, 2.05) is 0 Å². The molecule has 0 unspecified atom stereocenters. The zero-order valence-electron chi connectivity index (χ0n) is 6.74. The topological polar surface area (TPSA) is 67.8 Å². The summed E-state index contributed by atoms with van der Waals surface area (Å²) in [5.41, 5.74) is 5.27. The van der Waals surface area contributed by atoms with Gasteiger partial charge in [-0.2, -0.15) is 0 Å². The van der Waals surface area contributed by atoms with Gasteiger partial charge in [0.15, 0.2) is 11.3 Å². The van der Waals surface area contributed by atoms with Gasteiger partial charge in [-0.25, -0.2) is 15.6 Å². The van der Waals surface area contributed by atoms with E-state index in [0.29, 0.717) is 5.11 Å². The summed E-state index contributed by atoms with van der Waals surface area (Å²) in [6.07, 6.45) is -0.827. The maximum atomic E-state index is 10.5. The summed E-state index contributed by atoms with van der Waals surface area (Å²) in [5.74, 6) is -0.976. The van der Waals surface area contributed by atoms with Gasteiger partial charge in [-0.3, -0.25) is 10.0 Å². The average Bonchev–Trinajstić information content (AvgIpc) is 1.99. The molecule has 3 N–H and O–H groups in total. The monoisotopic (exact) mass is 190 g/mol. The van der Waals surface area contributed by atoms with Crippen molar-refractivity contribution in [3.8, 4) is 0 Å². The molecule has 0 aliphatic carbocycles. The second kappa shape index (κ2) is 3.21. The van der Waals surface area contributed by atoms with Crippen molar-refractivity contribution in [2.24, 2.45) is 0 Å². The molecule has 1 saturated heterocycles. The molecule has 1 aliphatic heterocycles. The average molecular weight is 190 g/mol. The Morgan fingerprint density at radius 3 is 2.25 bits per heavy atom. The van der Waals surface area contributed by atoms with Gasteiger partial charge in [0.05, 0.1) is 0 Å². The Labute approximate surface area is 75.1 Å². The fourth-order valence-corrected chi connectivity index (χ4v) is 0.967. The van der Waals surface area contributed by atoms with E-state index >= 15 is 0 Å². The normalized spacial score (nSPS) is 20.0. The lowest BCUT2D eigenvalue weighted by Gasteiger charge is -2.38. The molecular weight excluding hydrogens is 180 g/mol. The highest BCUT2D eigenvalue weighted by Crippen LogP contribution is 1.97. The minimum absolute atomic E-state index is 0.493. The van der Waals surface area contributed by atoms with E-state index in [9.17, 15) is 4.79 Å². The maximum Gasteiger partial charge on any atom is 0.338 e. The van der Waals surface area contributed by atoms with Crippen molar-refractivity contribution in [2.75, 3.05) is 14.1 Å². The third kappa shape index (κ3) is 1.63. The highest BCUT2D eigenvalue weighted by Gasteiger charge is 2.27. The van der Waals surface area contributed by atoms with Gasteiger partial charge in [-0.05, 0) is 12.2 Å². The summed E-state index contributed by atoms with van der Waals surface area (Å²) in [6.45, 7) is 0. The van der Waals surface area contributed by atoms with Gasteiger partial charge in [0.2, 0.25) is 0 Å². The highest BCUT2D eigenvalue weighted by atomic mass is 32.1. The number of nitrogens with zero attached hydrogens (tertiary/aromatic N) is 2. The first-order valence-corrected chi connectivity index (χ1v) is 3.69. The molecule has 0 bridgehead atoms. The number of thiocarbonyl (C=S) groups is 1. The Morgan fingerprint density at radius 1 is 1.50 bits per heavy atom. The third-order valence-electron chi connectivity index (χ3n) is 1.47. The van der Waals surface area contributed by atoms with Crippen LogP contribution in [0.5, 0.6) is 0 Å². The smallest absolute Gasteiger partial charge is 0.338 e. The molecule has 12 heavy (non-hydrogen) atoms. The van der Waals surface area contributed by atoms with Crippen molar-refractivity contribution in [3.63, 3.8) is 0 Å². The van der Waals surface area contributed by atoms with Gasteiger partial charge in [-0.1, -0.05) is 0 Å². The van der Waals surface area contributed by atoms with Crippen molar-refractivity contribution < 1.29 is 9.90 Å². The SMILES string of the molecule is CN1NC(C(=O)O)NN(C)C1=S. The second-order valence-corrected chi connectivity index (χ2v) is 2.80. The molecule has 6 nitrogen and oxygen atoms in total. The summed E-state index contributed by atoms with van der Waals surface area (Å²) in [5, 5.41) is 12.1. The maximum absolute atomic E-state index is 10.5. The van der Waals surface area contributed by atoms with E-state index in [-0.39, 0.29) is 0 Å². The first-order valence-electron chi connectivity index (χ1n) is 3.29. The van der Waals surface area contributed by atoms with Gasteiger partial charge in [-0.15, -0.1) is 0 Å².